The van der Waals surface area contributed by atoms with Crippen LogP contribution in [0.3, 0.4) is 0 Å². The van der Waals surface area contributed by atoms with E-state index < -0.39 is 0 Å². The minimum absolute atomic E-state index is 0.0681. The second-order valence-corrected chi connectivity index (χ2v) is 3.29. The van der Waals surface area contributed by atoms with E-state index in [1.54, 1.807) is 12.1 Å². The summed E-state index contributed by atoms with van der Waals surface area (Å²) in [5.41, 5.74) is 0.413. The van der Waals surface area contributed by atoms with Crippen molar-refractivity contribution in [1.82, 2.24) is 0 Å². The lowest BCUT2D eigenvalue weighted by Gasteiger charge is -1.99. The van der Waals surface area contributed by atoms with E-state index in [-0.39, 0.29) is 11.7 Å². The summed E-state index contributed by atoms with van der Waals surface area (Å²) in [5.74, 6) is -0.264. The van der Waals surface area contributed by atoms with Gasteiger partial charge in [0.2, 0.25) is 0 Å². The molecule has 0 fully saturated rings. The van der Waals surface area contributed by atoms with Crippen molar-refractivity contribution in [3.05, 3.63) is 33.8 Å². The molecule has 12 heavy (non-hydrogen) atoms. The summed E-state index contributed by atoms with van der Waals surface area (Å²) in [6, 6.07) is 4.69. The number of carbonyl (C=O) groups is 1. The number of carbonyl (C=O) groups excluding carboxylic acids is 1. The van der Waals surface area contributed by atoms with Gasteiger partial charge in [0.15, 0.2) is 5.78 Å². The van der Waals surface area contributed by atoms with Gasteiger partial charge in [-0.1, -0.05) is 23.2 Å². The van der Waals surface area contributed by atoms with Crippen molar-refractivity contribution in [2.75, 3.05) is 5.88 Å². The third-order valence-electron chi connectivity index (χ3n) is 1.35. The lowest BCUT2D eigenvalue weighted by molar-refractivity contribution is 0.102. The number of ketones is 1. The average Bonchev–Trinajstić information content (AvgIpc) is 2.03. The van der Waals surface area contributed by atoms with Crippen LogP contribution in [0.1, 0.15) is 10.4 Å². The van der Waals surface area contributed by atoms with Gasteiger partial charge in [-0.25, -0.2) is 0 Å². The van der Waals surface area contributed by atoms with Gasteiger partial charge in [-0.15, -0.1) is 11.6 Å². The third-order valence-corrected chi connectivity index (χ3v) is 2.14. The van der Waals surface area contributed by atoms with E-state index in [1.165, 1.54) is 6.07 Å². The SMILES string of the molecule is O=C(CCl)[14c]1[14cH][14cH][14c](Cl)[14cH][14c]1Cl. The predicted molar refractivity (Wildman–Crippen MR) is 51.5 cm³/mol. The number of hydrogen-bond donors (Lipinski definition) is 0. The molecule has 0 atom stereocenters. The Morgan fingerprint density at radius 1 is 1.33 bits per heavy atom. The minimum Gasteiger partial charge on any atom is -0.293 e. The van der Waals surface area contributed by atoms with Crippen LogP contribution in [-0.4, -0.2) is 11.7 Å². The molecular weight excluding hydrogens is 230 g/mol. The highest BCUT2D eigenvalue weighted by Gasteiger charge is 2.08. The standard InChI is InChI=1S/C8H5Cl3O/c9-4-8(12)6-2-1-5(10)3-7(6)11/h1-3H,4H2/i1+2,2+2,3+2,5+2,6+2,7+2. The van der Waals surface area contributed by atoms with Crippen LogP contribution in [0.25, 0.3) is 0 Å². The highest BCUT2D eigenvalue weighted by atomic mass is 35.5. The Bertz CT molecular complexity index is 309. The Hall–Kier alpha value is -0.240. The van der Waals surface area contributed by atoms with Crippen molar-refractivity contribution >= 4 is 40.6 Å². The van der Waals surface area contributed by atoms with Crippen LogP contribution in [0.2, 0.25) is 10.0 Å². The molecule has 0 radical (unpaired) electrons. The maximum absolute atomic E-state index is 11.1. The molecule has 0 aliphatic carbocycles. The molecule has 0 bridgehead atoms. The smallest absolute Gasteiger partial charge is 0.179 e. The molecule has 0 saturated heterocycles. The number of hydrogen-bond acceptors (Lipinski definition) is 1. The van der Waals surface area contributed by atoms with Crippen molar-refractivity contribution in [2.24, 2.45) is 0 Å². The van der Waals surface area contributed by atoms with Crippen LogP contribution in [-0.2, 0) is 0 Å². The van der Waals surface area contributed by atoms with Crippen LogP contribution < -0.4 is 0 Å². The minimum atomic E-state index is -0.196. The Balaban J connectivity index is 3.09. The number of benzene rings is 1. The van der Waals surface area contributed by atoms with E-state index in [4.69, 9.17) is 34.8 Å². The molecule has 0 aliphatic rings. The predicted octanol–water partition coefficient (Wildman–Crippen LogP) is 3.41. The van der Waals surface area contributed by atoms with Gasteiger partial charge in [0.25, 0.3) is 0 Å². The monoisotopic (exact) mass is 234 g/mol. The molecule has 0 N–H and O–H groups in total. The van der Waals surface area contributed by atoms with Crippen LogP contribution in [0, 0.1) is 0 Å². The molecule has 64 valence electrons. The molecule has 1 rings (SSSR count). The van der Waals surface area contributed by atoms with Gasteiger partial charge in [0.05, 0.1) is 10.9 Å². The van der Waals surface area contributed by atoms with Crippen molar-refractivity contribution in [3.8, 4) is 0 Å². The zero-order valence-electron chi connectivity index (χ0n) is 5.98. The fourth-order valence-corrected chi connectivity index (χ4v) is 1.45. The fraction of sp³-hybridized carbons (Fsp3) is 0.125. The first-order valence-corrected chi connectivity index (χ1v) is 4.48. The zero-order chi connectivity index (χ0) is 9.14. The van der Waals surface area contributed by atoms with E-state index in [1.807, 2.05) is 0 Å². The van der Waals surface area contributed by atoms with Crippen LogP contribution in [0.5, 0.6) is 0 Å². The quantitative estimate of drug-likeness (QED) is 0.567. The normalized spacial score (nSPS) is 9.92. The van der Waals surface area contributed by atoms with Gasteiger partial charge in [-0.05, 0) is 18.2 Å². The highest BCUT2D eigenvalue weighted by molar-refractivity contribution is 6.39. The van der Waals surface area contributed by atoms with Crippen molar-refractivity contribution in [3.63, 3.8) is 0 Å². The summed E-state index contributed by atoms with van der Waals surface area (Å²) in [6.07, 6.45) is 0. The first-order valence-electron chi connectivity index (χ1n) is 3.19. The van der Waals surface area contributed by atoms with Crippen molar-refractivity contribution < 1.29 is 4.79 Å². The van der Waals surface area contributed by atoms with E-state index >= 15 is 0 Å². The summed E-state index contributed by atoms with van der Waals surface area (Å²) in [7, 11) is 0. The summed E-state index contributed by atoms with van der Waals surface area (Å²) >= 11 is 16.7. The van der Waals surface area contributed by atoms with Crippen LogP contribution in [0.4, 0.5) is 0 Å². The molecule has 0 heterocycles. The number of halogens is 3. The number of alkyl halides is 1. The molecule has 0 saturated carbocycles. The van der Waals surface area contributed by atoms with E-state index in [0.717, 1.165) is 0 Å². The molecule has 1 aromatic rings. The fourth-order valence-electron chi connectivity index (χ4n) is 0.788. The molecule has 0 spiro atoms. The summed E-state index contributed by atoms with van der Waals surface area (Å²) < 4.78 is 0. The Kier molecular flexibility index (Phi) is 3.39. The second kappa shape index (κ2) is 4.13. The maximum Gasteiger partial charge on any atom is 0.179 e. The van der Waals surface area contributed by atoms with Gasteiger partial charge >= 0.3 is 0 Å². The third kappa shape index (κ3) is 2.13. The topological polar surface area (TPSA) is 17.1 Å². The van der Waals surface area contributed by atoms with Gasteiger partial charge in [-0.2, -0.15) is 0 Å². The molecule has 0 amide bonds. The van der Waals surface area contributed by atoms with Gasteiger partial charge in [-0.3, -0.25) is 4.79 Å². The van der Waals surface area contributed by atoms with E-state index in [0.29, 0.717) is 15.6 Å². The van der Waals surface area contributed by atoms with Gasteiger partial charge in [0.1, 0.15) is 0 Å². The lowest BCUT2D eigenvalue weighted by atomic mass is 10.7. The summed E-state index contributed by atoms with van der Waals surface area (Å²) in [4.78, 5) is 11.1. The Morgan fingerprint density at radius 3 is 2.50 bits per heavy atom. The average molecular weight is 235 g/mol. The number of Topliss-reactive ketones (excluding diaryl/α,β-unsaturated/α-hetero) is 1. The molecule has 4 heteroatoms. The Labute approximate surface area is 85.2 Å². The Morgan fingerprint density at radius 2 is 2.00 bits per heavy atom. The summed E-state index contributed by atoms with van der Waals surface area (Å²) in [5, 5.41) is 0.847. The van der Waals surface area contributed by atoms with Crippen molar-refractivity contribution in [1.29, 1.82) is 0 Å². The molecule has 0 unspecified atom stereocenters. The lowest BCUT2D eigenvalue weighted by Crippen LogP contribution is -2.00. The molecule has 1 aromatic carbocycles. The molecular formula is C8H5Cl3O. The van der Waals surface area contributed by atoms with Gasteiger partial charge < -0.3 is 0 Å². The van der Waals surface area contributed by atoms with E-state index in [2.05, 4.69) is 0 Å². The van der Waals surface area contributed by atoms with Crippen LogP contribution >= 0.6 is 34.8 Å². The molecule has 0 aromatic heterocycles. The summed E-state index contributed by atoms with van der Waals surface area (Å²) in [6.45, 7) is 0. The molecule has 1 nitrogen and oxygen atoms in total. The van der Waals surface area contributed by atoms with Gasteiger partial charge in [0, 0.05) is 10.6 Å². The largest absolute Gasteiger partial charge is 0.293 e. The van der Waals surface area contributed by atoms with Crippen LogP contribution in [0.15, 0.2) is 18.2 Å². The first-order chi connectivity index (χ1) is 5.65. The molecule has 0 aliphatic heterocycles. The first kappa shape index (κ1) is 9.85. The van der Waals surface area contributed by atoms with E-state index in [9.17, 15) is 4.79 Å². The van der Waals surface area contributed by atoms with Crippen molar-refractivity contribution in [2.45, 2.75) is 0 Å². The maximum atomic E-state index is 11.1. The highest BCUT2D eigenvalue weighted by Crippen LogP contribution is 2.21. The second-order valence-electron chi connectivity index (χ2n) is 2.18. The zero-order valence-corrected chi connectivity index (χ0v) is 8.25. The number of rotatable bonds is 2.